The van der Waals surface area contributed by atoms with Crippen molar-refractivity contribution in [3.05, 3.63) is 0 Å². The average Bonchev–Trinajstić information content (AvgIpc) is 0.722. The van der Waals surface area contributed by atoms with E-state index in [4.69, 9.17) is 17.5 Å². The fraction of sp³-hybridized carbons (Fsp3) is 0. The van der Waals surface area contributed by atoms with Crippen LogP contribution in [0.25, 0.3) is 0 Å². The minimum absolute atomic E-state index is 0. The van der Waals surface area contributed by atoms with E-state index in [0.717, 1.165) is 0 Å². The van der Waals surface area contributed by atoms with Gasteiger partial charge in [-0.1, -0.05) is 0 Å². The second kappa shape index (κ2) is 4.61. The lowest BCUT2D eigenvalue weighted by atomic mass is 15.8. The van der Waals surface area contributed by atoms with Gasteiger partial charge in [0.05, 0.1) is 24.8 Å². The molecule has 48 valence electrons. The van der Waals surface area contributed by atoms with Crippen molar-refractivity contribution in [1.29, 1.82) is 0 Å². The molecule has 7 heavy (non-hydrogen) atoms. The first-order chi connectivity index (χ1) is 2.00. The summed E-state index contributed by atoms with van der Waals surface area (Å²) < 4.78 is 34.1. The number of hydrogen-bond donors (Lipinski definition) is 0. The normalized spacial score (nSPS) is 8.29. The molecule has 0 unspecified atom stereocenters. The molecule has 0 saturated heterocycles. The van der Waals surface area contributed by atoms with Gasteiger partial charge < -0.3 is 9.11 Å². The Labute approximate surface area is 53.3 Å². The Kier molecular flexibility index (Phi) is 10.3. The van der Waals surface area contributed by atoms with Crippen molar-refractivity contribution in [3.8, 4) is 0 Å². The Morgan fingerprint density at radius 3 is 1.00 bits per heavy atom. The van der Waals surface area contributed by atoms with Crippen molar-refractivity contribution in [2.24, 2.45) is 0 Å². The van der Waals surface area contributed by atoms with Crippen LogP contribution < -0.4 is 0 Å². The summed E-state index contributed by atoms with van der Waals surface area (Å²) in [5, 5.41) is 0. The molecule has 0 rings (SSSR count). The van der Waals surface area contributed by atoms with E-state index in [1.165, 1.54) is 0 Å². The fourth-order valence-corrected chi connectivity index (χ4v) is 0. The molecule has 4 nitrogen and oxygen atoms in total. The summed E-state index contributed by atoms with van der Waals surface area (Å²) in [6.07, 6.45) is 0. The molecule has 7 heteroatoms. The second-order valence-electron chi connectivity index (χ2n) is 0.408. The van der Waals surface area contributed by atoms with Gasteiger partial charge in [-0.15, -0.1) is 0 Å². The molecule has 0 aliphatic heterocycles. The van der Waals surface area contributed by atoms with E-state index < -0.39 is 10.4 Å². The minimum Gasteiger partial charge on any atom is -0.759 e. The maximum absolute atomic E-state index is 8.52. The van der Waals surface area contributed by atoms with E-state index in [-0.39, 0.29) is 24.8 Å². The molecule has 0 aromatic heterocycles. The lowest BCUT2D eigenvalue weighted by molar-refractivity contribution is -0.00100. The lowest BCUT2D eigenvalue weighted by Crippen LogP contribution is -1.91. The van der Waals surface area contributed by atoms with Crippen LogP contribution in [-0.4, -0.2) is 17.5 Å². The molecule has 0 spiro atoms. The second-order valence-corrected chi connectivity index (χ2v) is 1.22. The monoisotopic (exact) mass is 170 g/mol. The number of halogens is 2. The quantitative estimate of drug-likeness (QED) is 0.300. The van der Waals surface area contributed by atoms with Gasteiger partial charge in [0.25, 0.3) is 0 Å². The molecule has 0 aliphatic rings. The molecule has 0 radical (unpaired) electrons. The Bertz CT molecular complexity index is 92.9. The van der Waals surface area contributed by atoms with E-state index in [1.807, 2.05) is 0 Å². The first kappa shape index (κ1) is 15.7. The Morgan fingerprint density at radius 1 is 1.00 bits per heavy atom. The molecular formula is H4Cl2O4S. The highest BCUT2D eigenvalue weighted by molar-refractivity contribution is 7.79. The predicted molar refractivity (Wildman–Crippen MR) is 16.1 cm³/mol. The van der Waals surface area contributed by atoms with Crippen molar-refractivity contribution >= 4 is 10.4 Å². The van der Waals surface area contributed by atoms with Crippen LogP contribution in [0.5, 0.6) is 0 Å². The summed E-state index contributed by atoms with van der Waals surface area (Å²) >= 11 is 0. The van der Waals surface area contributed by atoms with Crippen LogP contribution in [0, 0.1) is 24.8 Å². The van der Waals surface area contributed by atoms with Crippen LogP contribution in [-0.2, 0) is 10.4 Å². The molecule has 0 fully saturated rings. The van der Waals surface area contributed by atoms with E-state index in [2.05, 4.69) is 0 Å². The molecule has 0 N–H and O–H groups in total. The van der Waals surface area contributed by atoms with Gasteiger partial charge in [-0.25, -0.2) is 0 Å². The van der Waals surface area contributed by atoms with Crippen LogP contribution in [0.1, 0.15) is 0 Å². The van der Waals surface area contributed by atoms with Crippen LogP contribution in [0.2, 0.25) is 0 Å². The summed E-state index contributed by atoms with van der Waals surface area (Å²) in [5.41, 5.74) is 0. The molecule has 0 aliphatic carbocycles. The van der Waals surface area contributed by atoms with Gasteiger partial charge in [-0.05, 0) is 0 Å². The van der Waals surface area contributed by atoms with Crippen LogP contribution in [0.3, 0.4) is 0 Å². The van der Waals surface area contributed by atoms with E-state index >= 15 is 0 Å². The Morgan fingerprint density at radius 2 is 1.00 bits per heavy atom. The molecule has 0 atom stereocenters. The molecule has 0 heterocycles. The van der Waals surface area contributed by atoms with Crippen LogP contribution in [0.4, 0.5) is 0 Å². The van der Waals surface area contributed by atoms with Gasteiger partial charge >= 0.3 is 0 Å². The first-order valence-corrected chi connectivity index (χ1v) is 2.00. The van der Waals surface area contributed by atoms with Gasteiger partial charge in [0, 0.05) is 10.4 Å². The van der Waals surface area contributed by atoms with Crippen molar-refractivity contribution < 1.29 is 42.3 Å². The zero-order valence-electron chi connectivity index (χ0n) is 2.94. The maximum Gasteiger partial charge on any atom is 0.0903 e. The molecule has 0 aromatic carbocycles. The highest BCUT2D eigenvalue weighted by Gasteiger charge is 1.49. The van der Waals surface area contributed by atoms with Crippen LogP contribution >= 0.6 is 0 Å². The van der Waals surface area contributed by atoms with Crippen molar-refractivity contribution in [3.63, 3.8) is 0 Å². The highest BCUT2D eigenvalue weighted by atomic mass is 35.5. The van der Waals surface area contributed by atoms with Crippen molar-refractivity contribution in [2.45, 2.75) is 0 Å². The third-order valence-corrected chi connectivity index (χ3v) is 0. The fourth-order valence-electron chi connectivity index (χ4n) is 0. The highest BCUT2D eigenvalue weighted by Crippen LogP contribution is 1.57. The third-order valence-electron chi connectivity index (χ3n) is 0. The zero-order valence-corrected chi connectivity index (χ0v) is 5.54. The Balaban J connectivity index is -0.0000000800. The standard InChI is InChI=1S/2ClH2.H2O4S/c;;1-5(2,3)4/h2*1H2;(H2,1,2,3,4)/q2*+1;/p-2. The SMILES string of the molecule is O=S(=O)([O-])[O-].[ClH2+].[ClH2+]. The van der Waals surface area contributed by atoms with Gasteiger partial charge in [-0.2, -0.15) is 0 Å². The number of rotatable bonds is 0. The molecule has 0 saturated carbocycles. The van der Waals surface area contributed by atoms with Gasteiger partial charge in [0.15, 0.2) is 0 Å². The molecule has 0 aromatic rings. The van der Waals surface area contributed by atoms with Gasteiger partial charge in [-0.3, -0.25) is 8.42 Å². The lowest BCUT2D eigenvalue weighted by Gasteiger charge is -2.06. The largest absolute Gasteiger partial charge is 0.759 e. The van der Waals surface area contributed by atoms with E-state index in [1.54, 1.807) is 0 Å². The van der Waals surface area contributed by atoms with Gasteiger partial charge in [0.1, 0.15) is 0 Å². The smallest absolute Gasteiger partial charge is 0.0903 e. The van der Waals surface area contributed by atoms with E-state index in [0.29, 0.717) is 0 Å². The minimum atomic E-state index is -5.17. The van der Waals surface area contributed by atoms with Gasteiger partial charge in [0.2, 0.25) is 0 Å². The average molecular weight is 171 g/mol. The van der Waals surface area contributed by atoms with Crippen LogP contribution in [0.15, 0.2) is 0 Å². The summed E-state index contributed by atoms with van der Waals surface area (Å²) in [6, 6.07) is 0. The Hall–Kier alpha value is 0.450. The summed E-state index contributed by atoms with van der Waals surface area (Å²) in [5.74, 6) is 0. The molecular weight excluding hydrogens is 167 g/mol. The molecule has 0 bridgehead atoms. The van der Waals surface area contributed by atoms with Crippen molar-refractivity contribution in [2.75, 3.05) is 0 Å². The van der Waals surface area contributed by atoms with Crippen molar-refractivity contribution in [1.82, 2.24) is 0 Å². The third kappa shape index (κ3) is 631. The number of hydrogen-bond acceptors (Lipinski definition) is 4. The summed E-state index contributed by atoms with van der Waals surface area (Å²) in [7, 11) is -5.17. The maximum atomic E-state index is 8.52. The topological polar surface area (TPSA) is 80.3 Å². The zero-order chi connectivity index (χ0) is 4.50. The summed E-state index contributed by atoms with van der Waals surface area (Å²) in [6.45, 7) is 0. The molecule has 0 amide bonds. The summed E-state index contributed by atoms with van der Waals surface area (Å²) in [4.78, 5) is 0. The predicted octanol–water partition coefficient (Wildman–Crippen LogP) is -2.41. The first-order valence-electron chi connectivity index (χ1n) is 0.667. The van der Waals surface area contributed by atoms with E-state index in [9.17, 15) is 0 Å².